The Balaban J connectivity index is 2.03. The maximum Gasteiger partial charge on any atom is 0.146 e. The molecule has 108 valence electrons. The third-order valence-corrected chi connectivity index (χ3v) is 3.18. The lowest BCUT2D eigenvalue weighted by Gasteiger charge is -2.09. The first kappa shape index (κ1) is 13.7. The highest BCUT2D eigenvalue weighted by atomic mass is 35.5. The Morgan fingerprint density at radius 2 is 1.81 bits per heavy atom. The van der Waals surface area contributed by atoms with Crippen molar-refractivity contribution in [3.05, 3.63) is 41.4 Å². The summed E-state index contributed by atoms with van der Waals surface area (Å²) >= 11 is 6.10. The summed E-state index contributed by atoms with van der Waals surface area (Å²) in [4.78, 5) is 1.32. The van der Waals surface area contributed by atoms with Crippen LogP contribution in [0.4, 0.5) is 0 Å². The van der Waals surface area contributed by atoms with E-state index in [1.165, 1.54) is 16.9 Å². The number of fused-ring (bicyclic) bond motifs is 1. The number of aromatic hydroxyl groups is 1. The zero-order chi connectivity index (χ0) is 14.8. The van der Waals surface area contributed by atoms with Crippen LogP contribution in [0.15, 0.2) is 36.4 Å². The molecule has 0 radical (unpaired) electrons. The van der Waals surface area contributed by atoms with Crippen LogP contribution in [0.2, 0.25) is 5.02 Å². The zero-order valence-corrected chi connectivity index (χ0v) is 11.7. The van der Waals surface area contributed by atoms with Crippen LogP contribution >= 0.6 is 11.6 Å². The fraction of sp³-hybridized carbons (Fsp3) is 0.143. The summed E-state index contributed by atoms with van der Waals surface area (Å²) in [6.07, 6.45) is 0. The first-order valence-corrected chi connectivity index (χ1v) is 6.65. The number of aromatic nitrogens is 3. The topological polar surface area (TPSA) is 80.4 Å². The fourth-order valence-corrected chi connectivity index (χ4v) is 2.14. The lowest BCUT2D eigenvalue weighted by atomic mass is 10.3. The first-order chi connectivity index (χ1) is 10.2. The van der Waals surface area contributed by atoms with Crippen molar-refractivity contribution >= 4 is 22.6 Å². The molecule has 7 heteroatoms. The molecule has 0 saturated heterocycles. The van der Waals surface area contributed by atoms with Gasteiger partial charge in [-0.3, -0.25) is 0 Å². The van der Waals surface area contributed by atoms with Crippen molar-refractivity contribution in [3.8, 4) is 17.2 Å². The summed E-state index contributed by atoms with van der Waals surface area (Å²) in [7, 11) is 0. The molecule has 0 aliphatic heterocycles. The average Bonchev–Trinajstić information content (AvgIpc) is 2.91. The van der Waals surface area contributed by atoms with Gasteiger partial charge in [-0.05, 0) is 18.2 Å². The number of hydrogen-bond acceptors (Lipinski definition) is 5. The van der Waals surface area contributed by atoms with E-state index >= 15 is 0 Å². The van der Waals surface area contributed by atoms with Gasteiger partial charge >= 0.3 is 0 Å². The second-order valence-electron chi connectivity index (χ2n) is 4.32. The molecular formula is C14H12ClN3O3. The van der Waals surface area contributed by atoms with Crippen molar-refractivity contribution in [2.24, 2.45) is 0 Å². The molecule has 0 amide bonds. The van der Waals surface area contributed by atoms with Gasteiger partial charge in [-0.25, -0.2) is 0 Å². The maximum absolute atomic E-state index is 10.1. The molecule has 0 fully saturated rings. The van der Waals surface area contributed by atoms with E-state index in [9.17, 15) is 5.11 Å². The minimum Gasteiger partial charge on any atom is -0.505 e. The number of phenols is 1. The van der Waals surface area contributed by atoms with Crippen LogP contribution in [0.1, 0.15) is 0 Å². The van der Waals surface area contributed by atoms with E-state index in [2.05, 4.69) is 10.2 Å². The summed E-state index contributed by atoms with van der Waals surface area (Å²) in [6, 6.07) is 10.3. The molecule has 1 aromatic heterocycles. The summed E-state index contributed by atoms with van der Waals surface area (Å²) in [5, 5.41) is 27.7. The monoisotopic (exact) mass is 305 g/mol. The van der Waals surface area contributed by atoms with Crippen molar-refractivity contribution in [3.63, 3.8) is 0 Å². The second-order valence-corrected chi connectivity index (χ2v) is 4.73. The highest BCUT2D eigenvalue weighted by molar-refractivity contribution is 6.32. The van der Waals surface area contributed by atoms with Crippen molar-refractivity contribution < 1.29 is 14.9 Å². The van der Waals surface area contributed by atoms with Gasteiger partial charge in [-0.2, -0.15) is 0 Å². The lowest BCUT2D eigenvalue weighted by molar-refractivity contribution is 0.201. The normalized spacial score (nSPS) is 11.0. The second kappa shape index (κ2) is 5.59. The Hall–Kier alpha value is -2.31. The third kappa shape index (κ3) is 2.63. The largest absolute Gasteiger partial charge is 0.505 e. The standard InChI is InChI=1S/C14H12ClN3O3/c15-9-7-12(13(20)8-14(9)21-6-5-19)18-16-10-3-1-2-4-11(10)17-18/h1-4,7-8,19-20H,5-6H2. The number of hydrogen-bond donors (Lipinski definition) is 2. The molecular weight excluding hydrogens is 294 g/mol. The Morgan fingerprint density at radius 1 is 1.14 bits per heavy atom. The van der Waals surface area contributed by atoms with E-state index in [0.29, 0.717) is 27.5 Å². The molecule has 2 aromatic carbocycles. The van der Waals surface area contributed by atoms with Gasteiger partial charge < -0.3 is 14.9 Å². The molecule has 0 atom stereocenters. The highest BCUT2D eigenvalue weighted by Crippen LogP contribution is 2.34. The van der Waals surface area contributed by atoms with Gasteiger partial charge in [0.05, 0.1) is 11.6 Å². The van der Waals surface area contributed by atoms with Crippen LogP contribution in [-0.2, 0) is 0 Å². The summed E-state index contributed by atoms with van der Waals surface area (Å²) < 4.78 is 5.22. The number of halogens is 1. The summed E-state index contributed by atoms with van der Waals surface area (Å²) in [5.41, 5.74) is 1.79. The molecule has 3 aromatic rings. The lowest BCUT2D eigenvalue weighted by Crippen LogP contribution is -2.04. The molecule has 1 heterocycles. The van der Waals surface area contributed by atoms with Gasteiger partial charge in [0.2, 0.25) is 0 Å². The van der Waals surface area contributed by atoms with Crippen LogP contribution in [-0.4, -0.2) is 38.4 Å². The Bertz CT molecular complexity index is 755. The van der Waals surface area contributed by atoms with Gasteiger partial charge in [0.25, 0.3) is 0 Å². The molecule has 0 aliphatic rings. The van der Waals surface area contributed by atoms with Crippen molar-refractivity contribution in [2.75, 3.05) is 13.2 Å². The number of ether oxygens (including phenoxy) is 1. The molecule has 0 bridgehead atoms. The number of aliphatic hydroxyl groups is 1. The minimum absolute atomic E-state index is 0.0624. The van der Waals surface area contributed by atoms with Gasteiger partial charge in [-0.1, -0.05) is 23.7 Å². The summed E-state index contributed by atoms with van der Waals surface area (Å²) in [6.45, 7) is -0.0344. The molecule has 2 N–H and O–H groups in total. The van der Waals surface area contributed by atoms with Gasteiger partial charge in [-0.15, -0.1) is 15.0 Å². The van der Waals surface area contributed by atoms with Crippen molar-refractivity contribution in [2.45, 2.75) is 0 Å². The third-order valence-electron chi connectivity index (χ3n) is 2.88. The van der Waals surface area contributed by atoms with Crippen LogP contribution in [0.25, 0.3) is 16.7 Å². The van der Waals surface area contributed by atoms with Gasteiger partial charge in [0.1, 0.15) is 34.8 Å². The smallest absolute Gasteiger partial charge is 0.146 e. The molecule has 0 saturated carbocycles. The van der Waals surface area contributed by atoms with Crippen LogP contribution in [0.5, 0.6) is 11.5 Å². The van der Waals surface area contributed by atoms with Crippen LogP contribution in [0, 0.1) is 0 Å². The predicted molar refractivity (Wildman–Crippen MR) is 78.1 cm³/mol. The van der Waals surface area contributed by atoms with E-state index in [4.69, 9.17) is 21.4 Å². The fourth-order valence-electron chi connectivity index (χ4n) is 1.93. The number of phenolic OH excluding ortho intramolecular Hbond substituents is 1. The molecule has 3 rings (SSSR count). The van der Waals surface area contributed by atoms with E-state index in [-0.39, 0.29) is 19.0 Å². The zero-order valence-electron chi connectivity index (χ0n) is 10.9. The maximum atomic E-state index is 10.1. The van der Waals surface area contributed by atoms with Gasteiger partial charge in [0.15, 0.2) is 0 Å². The Labute approximate surface area is 125 Å². The molecule has 0 unspecified atom stereocenters. The predicted octanol–water partition coefficient (Wildman–Crippen LogP) is 2.15. The van der Waals surface area contributed by atoms with Gasteiger partial charge in [0, 0.05) is 6.07 Å². The average molecular weight is 306 g/mol. The van der Waals surface area contributed by atoms with Crippen molar-refractivity contribution in [1.82, 2.24) is 15.0 Å². The van der Waals surface area contributed by atoms with Crippen molar-refractivity contribution in [1.29, 1.82) is 0 Å². The van der Waals surface area contributed by atoms with E-state index in [1.807, 2.05) is 24.3 Å². The molecule has 6 nitrogen and oxygen atoms in total. The van der Waals surface area contributed by atoms with E-state index in [0.717, 1.165) is 0 Å². The Kier molecular flexibility index (Phi) is 3.64. The highest BCUT2D eigenvalue weighted by Gasteiger charge is 2.13. The number of benzene rings is 2. The number of aliphatic hydroxyl groups excluding tert-OH is 1. The Morgan fingerprint density at radius 3 is 2.43 bits per heavy atom. The molecule has 0 spiro atoms. The number of nitrogens with zero attached hydrogens (tertiary/aromatic N) is 3. The quantitative estimate of drug-likeness (QED) is 0.772. The minimum atomic E-state index is -0.134. The first-order valence-electron chi connectivity index (χ1n) is 6.27. The molecule has 21 heavy (non-hydrogen) atoms. The van der Waals surface area contributed by atoms with E-state index in [1.54, 1.807) is 0 Å². The molecule has 0 aliphatic carbocycles. The SMILES string of the molecule is OCCOc1cc(O)c(-n2nc3ccccc3n2)cc1Cl. The summed E-state index contributed by atoms with van der Waals surface area (Å²) in [5.74, 6) is 0.233. The van der Waals surface area contributed by atoms with Crippen LogP contribution < -0.4 is 4.74 Å². The van der Waals surface area contributed by atoms with Crippen LogP contribution in [0.3, 0.4) is 0 Å². The van der Waals surface area contributed by atoms with E-state index < -0.39 is 0 Å². The number of rotatable bonds is 4.